The zero-order valence-corrected chi connectivity index (χ0v) is 29.3. The van der Waals surface area contributed by atoms with Gasteiger partial charge in [0.2, 0.25) is 0 Å². The molecule has 0 spiro atoms. The number of allylic oxidation sites excluding steroid dienone is 1. The first-order chi connectivity index (χ1) is 19.8. The number of unbranched alkanes of at least 4 members (excludes halogenated alkanes) is 11. The first-order valence-corrected chi connectivity index (χ1v) is 17.0. The number of halogens is 1. The number of carbonyl (C=O) groups excluding carboxylic acids is 1. The van der Waals surface area contributed by atoms with Crippen LogP contribution in [0.25, 0.3) is 0 Å². The second-order valence-corrected chi connectivity index (χ2v) is 13.4. The van der Waals surface area contributed by atoms with E-state index in [0.717, 1.165) is 48.0 Å². The van der Waals surface area contributed by atoms with Gasteiger partial charge in [0.1, 0.15) is 5.75 Å². The summed E-state index contributed by atoms with van der Waals surface area (Å²) in [6.45, 7) is 12.5. The van der Waals surface area contributed by atoms with E-state index in [1.165, 1.54) is 76.3 Å². The zero-order chi connectivity index (χ0) is 29.5. The summed E-state index contributed by atoms with van der Waals surface area (Å²) in [6, 6.07) is 14.0. The van der Waals surface area contributed by atoms with Gasteiger partial charge >= 0.3 is 0 Å². The maximum absolute atomic E-state index is 13.4. The molecule has 1 aliphatic heterocycles. The van der Waals surface area contributed by atoms with E-state index in [9.17, 15) is 4.79 Å². The first kappa shape index (κ1) is 36.3. The molecule has 0 unspecified atom stereocenters. The molecule has 1 aliphatic rings. The van der Waals surface area contributed by atoms with Crippen molar-refractivity contribution < 1.29 is 9.53 Å². The minimum Gasteiger partial charge on any atom is -0.493 e. The molecular weight excluding hydrogens is 604 g/mol. The summed E-state index contributed by atoms with van der Waals surface area (Å²) in [7, 11) is 0. The van der Waals surface area contributed by atoms with Gasteiger partial charge in [-0.1, -0.05) is 117 Å². The van der Waals surface area contributed by atoms with Crippen molar-refractivity contribution in [2.45, 2.75) is 124 Å². The molecule has 1 amide bonds. The van der Waals surface area contributed by atoms with Gasteiger partial charge < -0.3 is 15.0 Å². The molecular formula is C36H55BrN2O2S. The smallest absolute Gasteiger partial charge is 0.255 e. The van der Waals surface area contributed by atoms with Crippen molar-refractivity contribution in [2.24, 2.45) is 0 Å². The van der Waals surface area contributed by atoms with E-state index in [4.69, 9.17) is 4.74 Å². The molecule has 2 aromatic carbocycles. The fraction of sp³-hybridized carbons (Fsp3) is 0.583. The lowest BCUT2D eigenvalue weighted by Gasteiger charge is -2.24. The van der Waals surface area contributed by atoms with Crippen LogP contribution in [-0.4, -0.2) is 23.3 Å². The average Bonchev–Trinajstić information content (AvgIpc) is 3.35. The van der Waals surface area contributed by atoms with E-state index in [1.54, 1.807) is 0 Å². The monoisotopic (exact) mass is 658 g/mol. The highest BCUT2D eigenvalue weighted by molar-refractivity contribution is 8.93. The van der Waals surface area contributed by atoms with Gasteiger partial charge in [0.15, 0.2) is 0 Å². The molecule has 3 rings (SSSR count). The highest BCUT2D eigenvalue weighted by atomic mass is 79.9. The number of rotatable bonds is 18. The highest BCUT2D eigenvalue weighted by Crippen LogP contribution is 2.33. The number of thioether (sulfide) groups is 1. The number of hydrogen-bond donors (Lipinski definition) is 1. The van der Waals surface area contributed by atoms with Crippen LogP contribution < -0.4 is 10.1 Å². The minimum atomic E-state index is -0.128. The van der Waals surface area contributed by atoms with Gasteiger partial charge in [-0.2, -0.15) is 0 Å². The minimum absolute atomic E-state index is 0. The Kier molecular flexibility index (Phi) is 16.7. The largest absolute Gasteiger partial charge is 0.493 e. The third kappa shape index (κ3) is 12.4. The number of carbonyl (C=O) groups is 1. The van der Waals surface area contributed by atoms with Crippen molar-refractivity contribution in [3.8, 4) is 5.75 Å². The fourth-order valence-corrected chi connectivity index (χ4v) is 6.22. The lowest BCUT2D eigenvalue weighted by atomic mass is 9.85. The van der Waals surface area contributed by atoms with Crippen LogP contribution in [0.2, 0.25) is 0 Å². The van der Waals surface area contributed by atoms with Crippen LogP contribution in [0.3, 0.4) is 0 Å². The third-order valence-electron chi connectivity index (χ3n) is 7.92. The second kappa shape index (κ2) is 19.4. The molecule has 0 radical (unpaired) electrons. The van der Waals surface area contributed by atoms with Crippen molar-refractivity contribution in [2.75, 3.05) is 17.8 Å². The first-order valence-electron chi connectivity index (χ1n) is 16.0. The molecule has 0 aliphatic carbocycles. The van der Waals surface area contributed by atoms with E-state index >= 15 is 0 Å². The molecule has 1 N–H and O–H groups in total. The summed E-state index contributed by atoms with van der Waals surface area (Å²) in [5.74, 6) is 1.76. The van der Waals surface area contributed by atoms with Crippen molar-refractivity contribution >= 4 is 40.3 Å². The quantitative estimate of drug-likeness (QED) is 0.162. The number of hydrogen-bond acceptors (Lipinski definition) is 4. The molecule has 0 saturated heterocycles. The summed E-state index contributed by atoms with van der Waals surface area (Å²) in [4.78, 5) is 15.7. The Morgan fingerprint density at radius 1 is 0.905 bits per heavy atom. The Balaban J connectivity index is 0.00000616. The molecule has 0 aromatic heterocycles. The number of benzene rings is 2. The summed E-state index contributed by atoms with van der Waals surface area (Å²) >= 11 is 1.81. The van der Waals surface area contributed by atoms with Crippen molar-refractivity contribution in [3.63, 3.8) is 0 Å². The van der Waals surface area contributed by atoms with Crippen LogP contribution in [0.4, 0.5) is 5.69 Å². The number of amides is 1. The van der Waals surface area contributed by atoms with Gasteiger partial charge in [-0.05, 0) is 54.0 Å². The van der Waals surface area contributed by atoms with Gasteiger partial charge in [0.25, 0.3) is 5.91 Å². The van der Waals surface area contributed by atoms with Gasteiger partial charge in [0, 0.05) is 29.1 Å². The molecule has 234 valence electrons. The molecule has 0 bridgehead atoms. The summed E-state index contributed by atoms with van der Waals surface area (Å²) in [5.41, 5.74) is 4.87. The standard InChI is InChI=1S/C36H54N2O2S.BrH/c1-6-7-8-9-10-11-12-13-14-15-16-19-24-40-34-23-22-30(25-32(34)36(3,4)5)35(39)37-33-21-18-17-20-31(33)26-38-28-41-27-29(38)2;/h17-18,20-23,25,27H,6-16,19,24,26,28H2,1-5H3,(H,37,39);1H. The van der Waals surface area contributed by atoms with E-state index in [-0.39, 0.29) is 28.3 Å². The number of anilines is 1. The number of ether oxygens (including phenoxy) is 1. The zero-order valence-electron chi connectivity index (χ0n) is 26.8. The van der Waals surface area contributed by atoms with E-state index in [2.05, 4.69) is 56.3 Å². The van der Waals surface area contributed by atoms with Crippen LogP contribution in [0.5, 0.6) is 5.75 Å². The maximum Gasteiger partial charge on any atom is 0.255 e. The maximum atomic E-state index is 13.4. The van der Waals surface area contributed by atoms with Gasteiger partial charge in [-0.3, -0.25) is 4.79 Å². The number of para-hydroxylation sites is 1. The third-order valence-corrected chi connectivity index (χ3v) is 8.88. The molecule has 0 atom stereocenters. The van der Waals surface area contributed by atoms with E-state index in [1.807, 2.05) is 48.2 Å². The van der Waals surface area contributed by atoms with Crippen molar-refractivity contribution in [1.29, 1.82) is 0 Å². The van der Waals surface area contributed by atoms with Crippen LogP contribution in [-0.2, 0) is 12.0 Å². The molecule has 2 aromatic rings. The van der Waals surface area contributed by atoms with E-state index in [0.29, 0.717) is 5.56 Å². The van der Waals surface area contributed by atoms with Crippen molar-refractivity contribution in [3.05, 3.63) is 70.3 Å². The summed E-state index contributed by atoms with van der Waals surface area (Å²) in [6.07, 6.45) is 16.0. The number of nitrogens with one attached hydrogen (secondary N) is 1. The van der Waals surface area contributed by atoms with E-state index < -0.39 is 0 Å². The van der Waals surface area contributed by atoms with Gasteiger partial charge in [-0.15, -0.1) is 28.7 Å². The molecule has 0 fully saturated rings. The topological polar surface area (TPSA) is 41.6 Å². The van der Waals surface area contributed by atoms with Crippen LogP contribution in [0.1, 0.15) is 133 Å². The lowest BCUT2D eigenvalue weighted by Crippen LogP contribution is -2.20. The normalized spacial score (nSPS) is 13.1. The second-order valence-electron chi connectivity index (χ2n) is 12.6. The summed E-state index contributed by atoms with van der Waals surface area (Å²) < 4.78 is 6.27. The summed E-state index contributed by atoms with van der Waals surface area (Å²) in [5, 5.41) is 5.37. The Bertz CT molecular complexity index is 1110. The molecule has 0 saturated carbocycles. The van der Waals surface area contributed by atoms with Gasteiger partial charge in [-0.25, -0.2) is 0 Å². The highest BCUT2D eigenvalue weighted by Gasteiger charge is 2.22. The van der Waals surface area contributed by atoms with Crippen LogP contribution in [0, 0.1) is 0 Å². The SMILES string of the molecule is Br.CCCCCCCCCCCCCCOc1ccc(C(=O)Nc2ccccc2CN2CSC=C2C)cc1C(C)(C)C. The molecule has 6 heteroatoms. The van der Waals surface area contributed by atoms with Crippen LogP contribution in [0.15, 0.2) is 53.6 Å². The number of nitrogens with zero attached hydrogens (tertiary/aromatic N) is 1. The molecule has 4 nitrogen and oxygen atoms in total. The Morgan fingerprint density at radius 3 is 2.12 bits per heavy atom. The molecule has 42 heavy (non-hydrogen) atoms. The fourth-order valence-electron chi connectivity index (χ4n) is 5.28. The Hall–Kier alpha value is -1.92. The Morgan fingerprint density at radius 2 is 1.52 bits per heavy atom. The lowest BCUT2D eigenvalue weighted by molar-refractivity contribution is 0.102. The predicted molar refractivity (Wildman–Crippen MR) is 188 cm³/mol. The molecule has 1 heterocycles. The predicted octanol–water partition coefficient (Wildman–Crippen LogP) is 11.3. The van der Waals surface area contributed by atoms with Gasteiger partial charge in [0.05, 0.1) is 12.5 Å². The Labute approximate surface area is 271 Å². The van der Waals surface area contributed by atoms with Crippen LogP contribution >= 0.6 is 28.7 Å². The van der Waals surface area contributed by atoms with Crippen molar-refractivity contribution in [1.82, 2.24) is 4.90 Å². The average molecular weight is 660 g/mol.